The Kier molecular flexibility index (Phi) is 8.09. The largest absolute Gasteiger partial charge is 0.368 e. The van der Waals surface area contributed by atoms with E-state index in [2.05, 4.69) is 17.0 Å². The second-order valence-corrected chi connectivity index (χ2v) is 12.0. The number of rotatable bonds is 6. The number of thioether (sulfide) groups is 1. The average Bonchev–Trinajstić information content (AvgIpc) is 3.36. The quantitative estimate of drug-likeness (QED) is 0.524. The van der Waals surface area contributed by atoms with Crippen molar-refractivity contribution < 1.29 is 14.4 Å². The fourth-order valence-electron chi connectivity index (χ4n) is 6.08. The maximum absolute atomic E-state index is 13.7. The van der Waals surface area contributed by atoms with Crippen LogP contribution in [0.2, 0.25) is 0 Å². The van der Waals surface area contributed by atoms with Crippen LogP contribution in [0.5, 0.6) is 0 Å². The van der Waals surface area contributed by atoms with Gasteiger partial charge in [-0.2, -0.15) is 0 Å². The van der Waals surface area contributed by atoms with Crippen LogP contribution in [-0.4, -0.2) is 94.5 Å². The summed E-state index contributed by atoms with van der Waals surface area (Å²) in [6, 6.07) is 17.3. The molecule has 1 aliphatic carbocycles. The molecule has 3 amide bonds. The van der Waals surface area contributed by atoms with Crippen LogP contribution in [0.25, 0.3) is 0 Å². The summed E-state index contributed by atoms with van der Waals surface area (Å²) in [5.74, 6) is 0.423. The molecule has 0 aromatic heterocycles. The molecule has 3 aliphatic heterocycles. The summed E-state index contributed by atoms with van der Waals surface area (Å²) in [6.45, 7) is 2.71. The molecular weight excluding hydrogens is 536 g/mol. The third-order valence-electron chi connectivity index (χ3n) is 8.51. The molecule has 214 valence electrons. The lowest BCUT2D eigenvalue weighted by molar-refractivity contribution is -0.135. The third kappa shape index (κ3) is 5.75. The van der Waals surface area contributed by atoms with Crippen molar-refractivity contribution in [2.45, 2.75) is 50.6 Å². The van der Waals surface area contributed by atoms with Gasteiger partial charge in [0.1, 0.15) is 11.9 Å². The Morgan fingerprint density at radius 3 is 2.41 bits per heavy atom. The van der Waals surface area contributed by atoms with Crippen LogP contribution in [0.1, 0.15) is 44.1 Å². The van der Waals surface area contributed by atoms with E-state index in [9.17, 15) is 14.4 Å². The average molecular weight is 573 g/mol. The molecule has 2 aromatic carbocycles. The lowest BCUT2D eigenvalue weighted by Crippen LogP contribution is -2.50. The topological polar surface area (TPSA) is 88.9 Å². The highest BCUT2D eigenvalue weighted by Gasteiger charge is 2.43. The van der Waals surface area contributed by atoms with Gasteiger partial charge in [-0.25, -0.2) is 9.89 Å². The molecule has 1 atom stereocenters. The Balaban J connectivity index is 1.12. The molecule has 1 saturated heterocycles. The van der Waals surface area contributed by atoms with E-state index in [-0.39, 0.29) is 35.9 Å². The first-order chi connectivity index (χ1) is 20.0. The number of carbonyl (C=O) groups is 3. The number of amidine groups is 2. The van der Waals surface area contributed by atoms with E-state index in [4.69, 9.17) is 9.98 Å². The highest BCUT2D eigenvalue weighted by Crippen LogP contribution is 2.34. The highest BCUT2D eigenvalue weighted by molar-refractivity contribution is 8.14. The van der Waals surface area contributed by atoms with Gasteiger partial charge in [0.2, 0.25) is 11.8 Å². The Bertz CT molecular complexity index is 1360. The zero-order valence-corrected chi connectivity index (χ0v) is 24.3. The second-order valence-electron chi connectivity index (χ2n) is 11.0. The number of nitrogens with zero attached hydrogens (tertiary/aromatic N) is 6. The Hall–Kier alpha value is -3.66. The minimum absolute atomic E-state index is 0.0215. The minimum atomic E-state index is -0.803. The predicted molar refractivity (Wildman–Crippen MR) is 163 cm³/mol. The summed E-state index contributed by atoms with van der Waals surface area (Å²) >= 11 is 1.27. The molecule has 0 unspecified atom stereocenters. The first kappa shape index (κ1) is 27.5. The van der Waals surface area contributed by atoms with Gasteiger partial charge < -0.3 is 14.7 Å². The van der Waals surface area contributed by atoms with Crippen LogP contribution < -0.4 is 4.90 Å². The summed E-state index contributed by atoms with van der Waals surface area (Å²) in [5, 5.41) is 0.448. The second kappa shape index (κ2) is 12.1. The number of carbonyl (C=O) groups excluding carboxylic acids is 3. The van der Waals surface area contributed by atoms with Gasteiger partial charge >= 0.3 is 0 Å². The maximum atomic E-state index is 13.7. The zero-order valence-electron chi connectivity index (χ0n) is 23.4. The highest BCUT2D eigenvalue weighted by atomic mass is 32.2. The van der Waals surface area contributed by atoms with E-state index in [1.54, 1.807) is 0 Å². The first-order valence-electron chi connectivity index (χ1n) is 14.6. The molecule has 0 bridgehead atoms. The summed E-state index contributed by atoms with van der Waals surface area (Å²) in [5.41, 5.74) is 2.64. The standard InChI is InChI=1S/C31H36N6O3S/c1-34(22-10-4-2-5-11-22)28(39)21-41-31-33-25-15-9-8-14-24(25)29-32-26(30(40)37(29)31)20-27(38)36-18-16-35(17-19-36)23-12-6-3-7-13-23/h3,6-9,12-15,22,26H,2,4-5,10-11,16-21H2,1H3/t26-/m1/s1. The summed E-state index contributed by atoms with van der Waals surface area (Å²) in [4.78, 5) is 57.1. The Labute approximate surface area is 245 Å². The minimum Gasteiger partial charge on any atom is -0.368 e. The van der Waals surface area contributed by atoms with Crippen molar-refractivity contribution in [2.75, 3.05) is 43.9 Å². The lowest BCUT2D eigenvalue weighted by atomic mass is 9.94. The third-order valence-corrected chi connectivity index (χ3v) is 9.43. The van der Waals surface area contributed by atoms with Crippen LogP contribution in [0.15, 0.2) is 64.6 Å². The first-order valence-corrected chi connectivity index (χ1v) is 15.5. The van der Waals surface area contributed by atoms with Crippen molar-refractivity contribution in [3.8, 4) is 0 Å². The number of anilines is 1. The molecule has 41 heavy (non-hydrogen) atoms. The smallest absolute Gasteiger partial charge is 0.259 e. The van der Waals surface area contributed by atoms with Crippen LogP contribution in [0, 0.1) is 0 Å². The SMILES string of the molecule is CN(C(=O)CSC1=Nc2ccccc2C2=N[C@H](CC(=O)N3CCN(c4ccccc4)CC3)C(=O)N12)C1CCCCC1. The molecule has 6 rings (SSSR count). The van der Waals surface area contributed by atoms with Gasteiger partial charge in [-0.15, -0.1) is 0 Å². The number of fused-ring (bicyclic) bond motifs is 3. The van der Waals surface area contributed by atoms with Crippen LogP contribution in [0.4, 0.5) is 11.4 Å². The Morgan fingerprint density at radius 1 is 0.951 bits per heavy atom. The normalized spacial score (nSPS) is 20.8. The van der Waals surface area contributed by atoms with Crippen molar-refractivity contribution in [3.05, 3.63) is 60.2 Å². The van der Waals surface area contributed by atoms with Crippen molar-refractivity contribution in [2.24, 2.45) is 9.98 Å². The molecule has 10 heteroatoms. The van der Waals surface area contributed by atoms with E-state index in [0.717, 1.165) is 55.7 Å². The fourth-order valence-corrected chi connectivity index (χ4v) is 7.00. The van der Waals surface area contributed by atoms with Crippen LogP contribution in [-0.2, 0) is 14.4 Å². The molecule has 0 radical (unpaired) electrons. The molecule has 2 fully saturated rings. The number of benzene rings is 2. The molecule has 9 nitrogen and oxygen atoms in total. The van der Waals surface area contributed by atoms with Crippen molar-refractivity contribution in [3.63, 3.8) is 0 Å². The predicted octanol–water partition coefficient (Wildman–Crippen LogP) is 3.91. The molecule has 0 N–H and O–H groups in total. The van der Waals surface area contributed by atoms with Crippen LogP contribution >= 0.6 is 11.8 Å². The monoisotopic (exact) mass is 572 g/mol. The molecular formula is C31H36N6O3S. The summed E-state index contributed by atoms with van der Waals surface area (Å²) in [6.07, 6.45) is 5.65. The molecule has 3 heterocycles. The zero-order chi connectivity index (χ0) is 28.3. The molecule has 2 aromatic rings. The maximum Gasteiger partial charge on any atom is 0.259 e. The lowest BCUT2D eigenvalue weighted by Gasteiger charge is -2.36. The van der Waals surface area contributed by atoms with Crippen LogP contribution in [0.3, 0.4) is 0 Å². The van der Waals surface area contributed by atoms with Gasteiger partial charge in [-0.1, -0.05) is 61.4 Å². The number of amides is 3. The van der Waals surface area contributed by atoms with Crippen molar-refractivity contribution in [1.29, 1.82) is 0 Å². The molecule has 1 saturated carbocycles. The van der Waals surface area contributed by atoms with E-state index >= 15 is 0 Å². The van der Waals surface area contributed by atoms with Crippen molar-refractivity contribution >= 4 is 51.9 Å². The summed E-state index contributed by atoms with van der Waals surface area (Å²) < 4.78 is 0. The number of hydrogen-bond acceptors (Lipinski definition) is 7. The van der Waals surface area contributed by atoms with E-state index in [0.29, 0.717) is 24.1 Å². The summed E-state index contributed by atoms with van der Waals surface area (Å²) in [7, 11) is 1.88. The van der Waals surface area contributed by atoms with E-state index < -0.39 is 6.04 Å². The van der Waals surface area contributed by atoms with Gasteiger partial charge in [0, 0.05) is 50.5 Å². The van der Waals surface area contributed by atoms with E-state index in [1.807, 2.05) is 59.3 Å². The number of hydrogen-bond donors (Lipinski definition) is 0. The van der Waals surface area contributed by atoms with Crippen molar-refractivity contribution in [1.82, 2.24) is 14.7 Å². The number of aliphatic imine (C=N–C) groups is 2. The van der Waals surface area contributed by atoms with Gasteiger partial charge in [0.15, 0.2) is 5.17 Å². The number of piperazine rings is 1. The van der Waals surface area contributed by atoms with E-state index in [1.165, 1.54) is 23.1 Å². The van der Waals surface area contributed by atoms with Gasteiger partial charge in [0.05, 0.1) is 17.9 Å². The molecule has 4 aliphatic rings. The van der Waals surface area contributed by atoms with Gasteiger partial charge in [-0.3, -0.25) is 19.4 Å². The number of para-hydroxylation sites is 2. The van der Waals surface area contributed by atoms with Gasteiger partial charge in [0.25, 0.3) is 5.91 Å². The van der Waals surface area contributed by atoms with Gasteiger partial charge in [-0.05, 0) is 37.1 Å². The Morgan fingerprint density at radius 2 is 1.66 bits per heavy atom. The fraction of sp³-hybridized carbons (Fsp3) is 0.452. The molecule has 0 spiro atoms.